The molecule has 3 heteroatoms. The third kappa shape index (κ3) is 3.82. The lowest BCUT2D eigenvalue weighted by Crippen LogP contribution is -1.85. The first-order valence-corrected chi connectivity index (χ1v) is 2.91. The van der Waals surface area contributed by atoms with Crippen LogP contribution in [-0.4, -0.2) is 9.46 Å². The quantitative estimate of drug-likeness (QED) is 0.352. The lowest BCUT2D eigenvalue weighted by Gasteiger charge is -1.71. The van der Waals surface area contributed by atoms with Crippen molar-refractivity contribution >= 4 is 9.46 Å². The van der Waals surface area contributed by atoms with Crippen LogP contribution in [0.5, 0.6) is 0 Å². The second-order valence-corrected chi connectivity index (χ2v) is 1.70. The molecule has 0 unspecified atom stereocenters. The molecule has 0 aromatic heterocycles. The van der Waals surface area contributed by atoms with E-state index in [0.717, 1.165) is 5.70 Å². The van der Waals surface area contributed by atoms with Crippen LogP contribution in [0.1, 0.15) is 6.92 Å². The number of hydrogen-bond acceptors (Lipinski definition) is 0. The summed E-state index contributed by atoms with van der Waals surface area (Å²) in [6.07, 6.45) is 1.37. The third-order valence-electron chi connectivity index (χ3n) is 0.293. The Morgan fingerprint density at radius 3 is 2.00 bits per heavy atom. The summed E-state index contributed by atoms with van der Waals surface area (Å²) in [7, 11) is -3.07. The fourth-order valence-corrected chi connectivity index (χ4v) is 0.378. The van der Waals surface area contributed by atoms with E-state index >= 15 is 0 Å². The van der Waals surface area contributed by atoms with Gasteiger partial charge in [-0.3, -0.25) is 8.22 Å². The molecular weight excluding hydrogens is 102 g/mol. The lowest BCUT2D eigenvalue weighted by atomic mass is 10.8. The third-order valence-corrected chi connectivity index (χ3v) is 0.878. The Hall–Kier alpha value is -0.183. The number of halogens is 2. The Morgan fingerprint density at radius 2 is 2.00 bits per heavy atom. The average Bonchev–Trinajstić information content (AvgIpc) is 1.35. The highest BCUT2D eigenvalue weighted by Crippen LogP contribution is 1.84. The standard InChI is InChI=1S/C3H5F2Si/c1-2-3-6(4)5/h2-3H,1H3. The zero-order valence-electron chi connectivity index (χ0n) is 3.41. The highest BCUT2D eigenvalue weighted by molar-refractivity contribution is 6.49. The Morgan fingerprint density at radius 1 is 1.50 bits per heavy atom. The van der Waals surface area contributed by atoms with Crippen LogP contribution < -0.4 is 0 Å². The van der Waals surface area contributed by atoms with Gasteiger partial charge in [-0.1, -0.05) is 6.08 Å². The van der Waals surface area contributed by atoms with Crippen LogP contribution in [0.4, 0.5) is 8.22 Å². The molecule has 1 radical (unpaired) electrons. The molecular formula is C3H5F2Si. The fraction of sp³-hybridized carbons (Fsp3) is 0.333. The Labute approximate surface area is 37.4 Å². The second-order valence-electron chi connectivity index (χ2n) is 0.790. The van der Waals surface area contributed by atoms with E-state index in [1.54, 1.807) is 6.92 Å². The van der Waals surface area contributed by atoms with Crippen LogP contribution >= 0.6 is 0 Å². The van der Waals surface area contributed by atoms with E-state index in [2.05, 4.69) is 0 Å². The SMILES string of the molecule is CC=C[Si](F)F. The van der Waals surface area contributed by atoms with E-state index in [9.17, 15) is 8.22 Å². The molecule has 0 saturated carbocycles. The predicted octanol–water partition coefficient (Wildman–Crippen LogP) is 1.53. The van der Waals surface area contributed by atoms with Gasteiger partial charge in [-0.05, 0) is 12.6 Å². The summed E-state index contributed by atoms with van der Waals surface area (Å²) in [4.78, 5) is 0. The van der Waals surface area contributed by atoms with Gasteiger partial charge < -0.3 is 0 Å². The van der Waals surface area contributed by atoms with Crippen molar-refractivity contribution in [2.24, 2.45) is 0 Å². The molecule has 0 aromatic rings. The monoisotopic (exact) mass is 107 g/mol. The van der Waals surface area contributed by atoms with Gasteiger partial charge in [0.2, 0.25) is 0 Å². The van der Waals surface area contributed by atoms with Crippen LogP contribution in [0.3, 0.4) is 0 Å². The van der Waals surface area contributed by atoms with Gasteiger partial charge in [0.15, 0.2) is 0 Å². The van der Waals surface area contributed by atoms with Gasteiger partial charge in [0.25, 0.3) is 0 Å². The predicted molar refractivity (Wildman–Crippen MR) is 22.8 cm³/mol. The molecule has 0 aliphatic heterocycles. The summed E-state index contributed by atoms with van der Waals surface area (Å²) in [6, 6.07) is 0. The fourth-order valence-electron chi connectivity index (χ4n) is 0.126. The van der Waals surface area contributed by atoms with Crippen molar-refractivity contribution in [1.82, 2.24) is 0 Å². The first kappa shape index (κ1) is 5.82. The van der Waals surface area contributed by atoms with Crippen LogP contribution in [0.25, 0.3) is 0 Å². The molecule has 0 atom stereocenters. The van der Waals surface area contributed by atoms with E-state index in [-0.39, 0.29) is 0 Å². The van der Waals surface area contributed by atoms with Crippen LogP contribution in [0.2, 0.25) is 0 Å². The molecule has 0 aliphatic rings. The minimum atomic E-state index is -3.07. The molecule has 0 rings (SSSR count). The minimum absolute atomic E-state index is 0.935. The van der Waals surface area contributed by atoms with Crippen molar-refractivity contribution in [2.45, 2.75) is 6.92 Å². The molecule has 0 heterocycles. The number of allylic oxidation sites excluding steroid dienone is 1. The van der Waals surface area contributed by atoms with Crippen molar-refractivity contribution < 1.29 is 8.22 Å². The topological polar surface area (TPSA) is 0 Å². The largest absolute Gasteiger partial charge is 0.503 e. The zero-order chi connectivity index (χ0) is 4.99. The zero-order valence-corrected chi connectivity index (χ0v) is 4.41. The van der Waals surface area contributed by atoms with E-state index in [4.69, 9.17) is 0 Å². The minimum Gasteiger partial charge on any atom is -0.262 e. The first-order chi connectivity index (χ1) is 2.77. The summed E-state index contributed by atoms with van der Waals surface area (Å²) in [5.74, 6) is 0. The van der Waals surface area contributed by atoms with Crippen molar-refractivity contribution in [3.8, 4) is 0 Å². The Bertz CT molecular complexity index is 50.8. The van der Waals surface area contributed by atoms with Gasteiger partial charge in [-0.2, -0.15) is 0 Å². The molecule has 0 fully saturated rings. The van der Waals surface area contributed by atoms with Gasteiger partial charge in [-0.15, -0.1) is 0 Å². The number of rotatable bonds is 1. The van der Waals surface area contributed by atoms with Gasteiger partial charge >= 0.3 is 9.46 Å². The summed E-state index contributed by atoms with van der Waals surface area (Å²) >= 11 is 0. The van der Waals surface area contributed by atoms with Gasteiger partial charge in [0.05, 0.1) is 0 Å². The summed E-state index contributed by atoms with van der Waals surface area (Å²) in [5.41, 5.74) is 0.935. The molecule has 0 aliphatic carbocycles. The molecule has 6 heavy (non-hydrogen) atoms. The maximum atomic E-state index is 11.1. The molecule has 35 valence electrons. The van der Waals surface area contributed by atoms with Crippen molar-refractivity contribution in [2.75, 3.05) is 0 Å². The number of hydrogen-bond donors (Lipinski definition) is 0. The maximum absolute atomic E-state index is 11.1. The molecule has 0 bridgehead atoms. The highest BCUT2D eigenvalue weighted by Gasteiger charge is 1.98. The average molecular weight is 107 g/mol. The molecule has 0 saturated heterocycles. The van der Waals surface area contributed by atoms with Crippen LogP contribution in [0.15, 0.2) is 11.8 Å². The van der Waals surface area contributed by atoms with Crippen LogP contribution in [-0.2, 0) is 0 Å². The molecule has 0 spiro atoms. The first-order valence-electron chi connectivity index (χ1n) is 1.58. The van der Waals surface area contributed by atoms with E-state index in [0.29, 0.717) is 0 Å². The summed E-state index contributed by atoms with van der Waals surface area (Å²) in [5, 5.41) is 0. The van der Waals surface area contributed by atoms with Crippen molar-refractivity contribution in [1.29, 1.82) is 0 Å². The van der Waals surface area contributed by atoms with E-state index in [1.807, 2.05) is 0 Å². The lowest BCUT2D eigenvalue weighted by molar-refractivity contribution is 0.683. The van der Waals surface area contributed by atoms with Gasteiger partial charge in [-0.25, -0.2) is 0 Å². The molecule has 0 amide bonds. The molecule has 0 nitrogen and oxygen atoms in total. The second kappa shape index (κ2) is 3.02. The van der Waals surface area contributed by atoms with E-state index in [1.165, 1.54) is 6.08 Å². The maximum Gasteiger partial charge on any atom is 0.503 e. The van der Waals surface area contributed by atoms with Crippen LogP contribution in [0, 0.1) is 0 Å². The van der Waals surface area contributed by atoms with Crippen molar-refractivity contribution in [3.63, 3.8) is 0 Å². The Balaban J connectivity index is 3.03. The van der Waals surface area contributed by atoms with Gasteiger partial charge in [0.1, 0.15) is 0 Å². The van der Waals surface area contributed by atoms with Gasteiger partial charge in [0, 0.05) is 0 Å². The summed E-state index contributed by atoms with van der Waals surface area (Å²) in [6.45, 7) is 1.59. The smallest absolute Gasteiger partial charge is 0.262 e. The Kier molecular flexibility index (Phi) is 2.93. The van der Waals surface area contributed by atoms with E-state index < -0.39 is 9.46 Å². The normalized spacial score (nSPS) is 11.3. The highest BCUT2D eigenvalue weighted by atomic mass is 28.4. The summed E-state index contributed by atoms with van der Waals surface area (Å²) < 4.78 is 22.1. The molecule has 0 aromatic carbocycles. The van der Waals surface area contributed by atoms with Crippen molar-refractivity contribution in [3.05, 3.63) is 11.8 Å². The molecule has 0 N–H and O–H groups in total.